The van der Waals surface area contributed by atoms with Gasteiger partial charge < -0.3 is 18.9 Å². The molecule has 164 valence electrons. The highest BCUT2D eigenvalue weighted by atomic mass is 16.5. The Morgan fingerprint density at radius 3 is 1.94 bits per heavy atom. The average molecular weight is 424 g/mol. The molecule has 0 fully saturated rings. The number of carbonyl (C=O) groups is 1. The summed E-state index contributed by atoms with van der Waals surface area (Å²) in [5.41, 5.74) is 3.64. The molecule has 0 unspecified atom stereocenters. The third kappa shape index (κ3) is 5.10. The van der Waals surface area contributed by atoms with Crippen LogP contribution >= 0.6 is 0 Å². The van der Waals surface area contributed by atoms with E-state index in [9.17, 15) is 4.79 Å². The Labute approximate surface area is 182 Å². The molecule has 2 aromatic rings. The number of amides is 1. The molecule has 4 rings (SSSR count). The van der Waals surface area contributed by atoms with Gasteiger partial charge in [-0.2, -0.15) is 5.10 Å². The molecule has 0 spiro atoms. The Kier molecular flexibility index (Phi) is 5.52. The fourth-order valence-electron chi connectivity index (χ4n) is 3.12. The normalized spacial score (nSPS) is 18.7. The molecule has 0 saturated heterocycles. The van der Waals surface area contributed by atoms with Gasteiger partial charge in [0.25, 0.3) is 5.91 Å². The van der Waals surface area contributed by atoms with E-state index in [-0.39, 0.29) is 16.7 Å². The maximum Gasteiger partial charge on any atom is 0.271 e. The molecule has 0 bridgehead atoms. The highest BCUT2D eigenvalue weighted by Gasteiger charge is 2.26. The summed E-state index contributed by atoms with van der Waals surface area (Å²) in [6.07, 6.45) is 1.57. The number of nitrogens with zero attached hydrogens (tertiary/aromatic N) is 1. The number of hydrazone groups is 1. The van der Waals surface area contributed by atoms with Crippen molar-refractivity contribution < 1.29 is 23.7 Å². The van der Waals surface area contributed by atoms with Crippen molar-refractivity contribution in [2.24, 2.45) is 15.9 Å². The van der Waals surface area contributed by atoms with Gasteiger partial charge in [-0.25, -0.2) is 5.43 Å². The molecule has 0 radical (unpaired) electrons. The van der Waals surface area contributed by atoms with E-state index in [1.807, 2.05) is 18.2 Å². The lowest BCUT2D eigenvalue weighted by atomic mass is 9.97. The summed E-state index contributed by atoms with van der Waals surface area (Å²) in [6, 6.07) is 10.7. The predicted octanol–water partition coefficient (Wildman–Crippen LogP) is 4.05. The van der Waals surface area contributed by atoms with Crippen LogP contribution in [0.15, 0.2) is 41.5 Å². The molecule has 31 heavy (non-hydrogen) atoms. The summed E-state index contributed by atoms with van der Waals surface area (Å²) >= 11 is 0. The predicted molar refractivity (Wildman–Crippen MR) is 117 cm³/mol. The number of benzene rings is 2. The van der Waals surface area contributed by atoms with E-state index < -0.39 is 0 Å². The van der Waals surface area contributed by atoms with Crippen molar-refractivity contribution in [3.63, 3.8) is 0 Å². The Bertz CT molecular complexity index is 1010. The van der Waals surface area contributed by atoms with Crippen molar-refractivity contribution >= 4 is 12.1 Å². The molecule has 0 aromatic heterocycles. The summed E-state index contributed by atoms with van der Waals surface area (Å²) in [6.45, 7) is 10.6. The lowest BCUT2D eigenvalue weighted by molar-refractivity contribution is 0.0954. The first-order valence-electron chi connectivity index (χ1n) is 10.3. The van der Waals surface area contributed by atoms with Gasteiger partial charge in [-0.05, 0) is 42.0 Å². The molecular formula is C24H28N2O5. The van der Waals surface area contributed by atoms with Crippen molar-refractivity contribution in [3.05, 3.63) is 47.5 Å². The first-order valence-corrected chi connectivity index (χ1v) is 10.3. The maximum atomic E-state index is 12.5. The monoisotopic (exact) mass is 424 g/mol. The number of hydrogen-bond acceptors (Lipinski definition) is 6. The average Bonchev–Trinajstić information content (AvgIpc) is 2.99. The molecule has 2 aliphatic heterocycles. The van der Waals surface area contributed by atoms with Crippen LogP contribution in [0.5, 0.6) is 23.0 Å². The van der Waals surface area contributed by atoms with Gasteiger partial charge in [-0.3, -0.25) is 4.79 Å². The third-order valence-corrected chi connectivity index (χ3v) is 5.03. The molecule has 7 heteroatoms. The highest BCUT2D eigenvalue weighted by molar-refractivity contribution is 5.95. The van der Waals surface area contributed by atoms with E-state index in [0.717, 1.165) is 5.56 Å². The van der Waals surface area contributed by atoms with E-state index in [0.29, 0.717) is 55.0 Å². The van der Waals surface area contributed by atoms with Crippen molar-refractivity contribution in [3.8, 4) is 23.0 Å². The van der Waals surface area contributed by atoms with E-state index in [1.165, 1.54) is 0 Å². The van der Waals surface area contributed by atoms with Crippen LogP contribution in [0, 0.1) is 10.8 Å². The first-order chi connectivity index (χ1) is 14.7. The lowest BCUT2D eigenvalue weighted by Crippen LogP contribution is -2.26. The van der Waals surface area contributed by atoms with Gasteiger partial charge in [0.2, 0.25) is 0 Å². The Morgan fingerprint density at radius 2 is 1.32 bits per heavy atom. The van der Waals surface area contributed by atoms with Crippen LogP contribution in [0.25, 0.3) is 0 Å². The topological polar surface area (TPSA) is 78.4 Å². The van der Waals surface area contributed by atoms with Gasteiger partial charge in [0.1, 0.15) is 0 Å². The summed E-state index contributed by atoms with van der Waals surface area (Å²) in [7, 11) is 0. The van der Waals surface area contributed by atoms with Crippen LogP contribution < -0.4 is 24.4 Å². The molecular weight excluding hydrogens is 396 g/mol. The minimum atomic E-state index is -0.331. The highest BCUT2D eigenvalue weighted by Crippen LogP contribution is 2.35. The van der Waals surface area contributed by atoms with Crippen molar-refractivity contribution in [2.75, 3.05) is 26.4 Å². The van der Waals surface area contributed by atoms with E-state index >= 15 is 0 Å². The maximum absolute atomic E-state index is 12.5. The lowest BCUT2D eigenvalue weighted by Gasteiger charge is -2.19. The van der Waals surface area contributed by atoms with Crippen LogP contribution in [0.2, 0.25) is 0 Å². The Balaban J connectivity index is 1.41. The third-order valence-electron chi connectivity index (χ3n) is 5.03. The number of rotatable bonds is 3. The molecule has 0 aliphatic carbocycles. The summed E-state index contributed by atoms with van der Waals surface area (Å²) in [4.78, 5) is 12.5. The minimum absolute atomic E-state index is 0.0559. The van der Waals surface area contributed by atoms with Crippen LogP contribution in [-0.2, 0) is 0 Å². The SMILES string of the molecule is CC1(C)COc2ccc(/C=N\NC(=O)c3ccc4c(c3)OCC(C)(C)CO4)cc2OC1. The standard InChI is InChI=1S/C24H28N2O5/c1-23(2)12-28-18-7-5-16(9-20(18)30-14-23)11-25-26-22(27)17-6-8-19-21(10-17)31-15-24(3,4)13-29-19/h5-11H,12-15H2,1-4H3,(H,26,27)/b25-11-. The van der Waals surface area contributed by atoms with Crippen LogP contribution in [-0.4, -0.2) is 38.5 Å². The van der Waals surface area contributed by atoms with Gasteiger partial charge in [0, 0.05) is 16.4 Å². The van der Waals surface area contributed by atoms with Crippen LogP contribution in [0.4, 0.5) is 0 Å². The molecule has 2 heterocycles. The minimum Gasteiger partial charge on any atom is -0.489 e. The molecule has 0 atom stereocenters. The molecule has 0 saturated carbocycles. The molecule has 1 amide bonds. The fourth-order valence-corrected chi connectivity index (χ4v) is 3.12. The van der Waals surface area contributed by atoms with Gasteiger partial charge in [0.05, 0.1) is 32.6 Å². The fraction of sp³-hybridized carbons (Fsp3) is 0.417. The second kappa shape index (κ2) is 8.13. The number of nitrogens with one attached hydrogen (secondary N) is 1. The molecule has 1 N–H and O–H groups in total. The van der Waals surface area contributed by atoms with Gasteiger partial charge in [0.15, 0.2) is 23.0 Å². The van der Waals surface area contributed by atoms with E-state index in [2.05, 4.69) is 38.2 Å². The number of carbonyl (C=O) groups excluding carboxylic acids is 1. The molecule has 2 aliphatic rings. The van der Waals surface area contributed by atoms with Crippen LogP contribution in [0.3, 0.4) is 0 Å². The molecule has 2 aromatic carbocycles. The zero-order chi connectivity index (χ0) is 22.1. The zero-order valence-corrected chi connectivity index (χ0v) is 18.4. The van der Waals surface area contributed by atoms with Crippen molar-refractivity contribution in [2.45, 2.75) is 27.7 Å². The van der Waals surface area contributed by atoms with Gasteiger partial charge in [-0.15, -0.1) is 0 Å². The smallest absolute Gasteiger partial charge is 0.271 e. The van der Waals surface area contributed by atoms with Crippen LogP contribution in [0.1, 0.15) is 43.6 Å². The second-order valence-electron chi connectivity index (χ2n) is 9.55. The van der Waals surface area contributed by atoms with Crippen molar-refractivity contribution in [1.29, 1.82) is 0 Å². The van der Waals surface area contributed by atoms with Gasteiger partial charge in [-0.1, -0.05) is 27.7 Å². The zero-order valence-electron chi connectivity index (χ0n) is 18.4. The Hall–Kier alpha value is -3.22. The quantitative estimate of drug-likeness (QED) is 0.594. The Morgan fingerprint density at radius 1 is 0.806 bits per heavy atom. The molecule has 7 nitrogen and oxygen atoms in total. The summed E-state index contributed by atoms with van der Waals surface area (Å²) in [5, 5.41) is 4.08. The second-order valence-corrected chi connectivity index (χ2v) is 9.55. The first kappa shape index (κ1) is 21.0. The van der Waals surface area contributed by atoms with Crippen molar-refractivity contribution in [1.82, 2.24) is 5.43 Å². The summed E-state index contributed by atoms with van der Waals surface area (Å²) in [5.74, 6) is 2.25. The number of ether oxygens (including phenoxy) is 4. The van der Waals surface area contributed by atoms with E-state index in [4.69, 9.17) is 18.9 Å². The van der Waals surface area contributed by atoms with E-state index in [1.54, 1.807) is 24.4 Å². The number of fused-ring (bicyclic) bond motifs is 2. The number of hydrogen-bond donors (Lipinski definition) is 1. The summed E-state index contributed by atoms with van der Waals surface area (Å²) < 4.78 is 23.3. The van der Waals surface area contributed by atoms with Gasteiger partial charge >= 0.3 is 0 Å². The largest absolute Gasteiger partial charge is 0.489 e.